The molecule has 0 aliphatic rings. The second-order valence-electron chi connectivity index (χ2n) is 3.90. The molecule has 2 nitrogen and oxygen atoms in total. The molecule has 2 rings (SSSR count). The molecular weight excluding hydrogens is 210 g/mol. The molecule has 0 saturated carbocycles. The number of phenols is 1. The Bertz CT molecular complexity index is 517. The van der Waals surface area contributed by atoms with E-state index in [4.69, 9.17) is 0 Å². The van der Waals surface area contributed by atoms with E-state index in [0.29, 0.717) is 6.54 Å². The van der Waals surface area contributed by atoms with Gasteiger partial charge in [-0.1, -0.05) is 42.5 Å². The van der Waals surface area contributed by atoms with E-state index in [9.17, 15) is 5.11 Å². The number of rotatable bonds is 3. The molecule has 17 heavy (non-hydrogen) atoms. The van der Waals surface area contributed by atoms with Gasteiger partial charge in [0.1, 0.15) is 5.75 Å². The van der Waals surface area contributed by atoms with E-state index >= 15 is 0 Å². The molecule has 0 radical (unpaired) electrons. The van der Waals surface area contributed by atoms with Crippen molar-refractivity contribution >= 4 is 5.71 Å². The molecule has 0 spiro atoms. The van der Waals surface area contributed by atoms with Crippen LogP contribution in [0.3, 0.4) is 0 Å². The molecule has 0 heterocycles. The monoisotopic (exact) mass is 225 g/mol. The predicted octanol–water partition coefficient (Wildman–Crippen LogP) is 3.40. The minimum absolute atomic E-state index is 0.279. The summed E-state index contributed by atoms with van der Waals surface area (Å²) in [4.78, 5) is 4.48. The Kier molecular flexibility index (Phi) is 3.55. The fourth-order valence-corrected chi connectivity index (χ4v) is 1.66. The maximum Gasteiger partial charge on any atom is 0.124 e. The normalized spacial score (nSPS) is 11.5. The van der Waals surface area contributed by atoms with Crippen LogP contribution in [0.15, 0.2) is 59.6 Å². The fraction of sp³-hybridized carbons (Fsp3) is 0.133. The second kappa shape index (κ2) is 5.30. The Morgan fingerprint density at radius 3 is 2.35 bits per heavy atom. The lowest BCUT2D eigenvalue weighted by molar-refractivity contribution is 0.474. The molecular formula is C15H15NO. The van der Waals surface area contributed by atoms with Crippen molar-refractivity contribution in [2.45, 2.75) is 13.5 Å². The summed E-state index contributed by atoms with van der Waals surface area (Å²) in [6.07, 6.45) is 0. The van der Waals surface area contributed by atoms with Crippen molar-refractivity contribution in [2.75, 3.05) is 0 Å². The smallest absolute Gasteiger partial charge is 0.124 e. The Morgan fingerprint density at radius 2 is 1.65 bits per heavy atom. The molecule has 0 aliphatic carbocycles. The maximum atomic E-state index is 9.70. The Hall–Kier alpha value is -2.09. The number of aromatic hydroxyl groups is 1. The number of benzene rings is 2. The Balaban J connectivity index is 2.16. The maximum absolute atomic E-state index is 9.70. The van der Waals surface area contributed by atoms with E-state index in [0.717, 1.165) is 11.3 Å². The molecule has 0 atom stereocenters. The van der Waals surface area contributed by atoms with Crippen molar-refractivity contribution < 1.29 is 5.11 Å². The average Bonchev–Trinajstić information content (AvgIpc) is 2.38. The molecule has 2 heteroatoms. The summed E-state index contributed by atoms with van der Waals surface area (Å²) in [5.74, 6) is 0.279. The van der Waals surface area contributed by atoms with Crippen LogP contribution in [0.5, 0.6) is 5.75 Å². The quantitative estimate of drug-likeness (QED) is 0.798. The van der Waals surface area contributed by atoms with Crippen LogP contribution in [0.25, 0.3) is 0 Å². The first-order chi connectivity index (χ1) is 8.27. The molecule has 2 aromatic carbocycles. The molecule has 0 aromatic heterocycles. The average molecular weight is 225 g/mol. The van der Waals surface area contributed by atoms with Crippen LogP contribution in [0.1, 0.15) is 18.1 Å². The van der Waals surface area contributed by atoms with Gasteiger partial charge in [-0.2, -0.15) is 0 Å². The van der Waals surface area contributed by atoms with Gasteiger partial charge in [0.2, 0.25) is 0 Å². The van der Waals surface area contributed by atoms with E-state index in [1.165, 1.54) is 5.56 Å². The Labute approximate surface area is 101 Å². The molecule has 0 unspecified atom stereocenters. The first kappa shape index (κ1) is 11.4. The highest BCUT2D eigenvalue weighted by molar-refractivity contribution is 6.00. The first-order valence-corrected chi connectivity index (χ1v) is 5.61. The van der Waals surface area contributed by atoms with Crippen molar-refractivity contribution in [1.29, 1.82) is 0 Å². The third kappa shape index (κ3) is 2.94. The van der Waals surface area contributed by atoms with Crippen LogP contribution < -0.4 is 0 Å². The summed E-state index contributed by atoms with van der Waals surface area (Å²) in [5, 5.41) is 9.70. The van der Waals surface area contributed by atoms with Gasteiger partial charge in [0.15, 0.2) is 0 Å². The molecule has 0 saturated heterocycles. The summed E-state index contributed by atoms with van der Waals surface area (Å²) < 4.78 is 0. The van der Waals surface area contributed by atoms with Gasteiger partial charge in [-0.3, -0.25) is 4.99 Å². The second-order valence-corrected chi connectivity index (χ2v) is 3.90. The summed E-state index contributed by atoms with van der Waals surface area (Å²) in [6, 6.07) is 17.3. The van der Waals surface area contributed by atoms with Crippen molar-refractivity contribution in [3.63, 3.8) is 0 Å². The highest BCUT2D eigenvalue weighted by Crippen LogP contribution is 2.16. The third-order valence-corrected chi connectivity index (χ3v) is 2.64. The van der Waals surface area contributed by atoms with Gasteiger partial charge in [-0.15, -0.1) is 0 Å². The van der Waals surface area contributed by atoms with Crippen molar-refractivity contribution in [2.24, 2.45) is 4.99 Å². The van der Waals surface area contributed by atoms with Gasteiger partial charge in [0.05, 0.1) is 6.54 Å². The number of phenolic OH excluding ortho intramolecular Hbond substituents is 1. The van der Waals surface area contributed by atoms with Gasteiger partial charge in [-0.05, 0) is 24.6 Å². The number of aliphatic imine (C=N–C) groups is 1. The van der Waals surface area contributed by atoms with E-state index in [1.807, 2.05) is 55.5 Å². The molecule has 0 aliphatic heterocycles. The minimum Gasteiger partial charge on any atom is -0.507 e. The van der Waals surface area contributed by atoms with Crippen molar-refractivity contribution in [1.82, 2.24) is 0 Å². The molecule has 1 N–H and O–H groups in total. The number of nitrogens with zero attached hydrogens (tertiary/aromatic N) is 1. The predicted molar refractivity (Wildman–Crippen MR) is 70.5 cm³/mol. The topological polar surface area (TPSA) is 32.6 Å². The zero-order valence-electron chi connectivity index (χ0n) is 9.80. The first-order valence-electron chi connectivity index (χ1n) is 5.61. The number of hydrogen-bond acceptors (Lipinski definition) is 2. The van der Waals surface area contributed by atoms with Gasteiger partial charge < -0.3 is 5.11 Å². The van der Waals surface area contributed by atoms with Crippen LogP contribution in [-0.2, 0) is 6.54 Å². The van der Waals surface area contributed by atoms with Gasteiger partial charge in [0.25, 0.3) is 0 Å². The molecule has 0 amide bonds. The SMILES string of the molecule is C/C(=N\Cc1ccccc1)c1ccccc1O. The largest absolute Gasteiger partial charge is 0.507 e. The van der Waals surface area contributed by atoms with E-state index in [-0.39, 0.29) is 5.75 Å². The summed E-state index contributed by atoms with van der Waals surface area (Å²) in [5.41, 5.74) is 2.82. The standard InChI is InChI=1S/C15H15NO/c1-12(14-9-5-6-10-15(14)17)16-11-13-7-3-2-4-8-13/h2-10,17H,11H2,1H3/b16-12+. The van der Waals surface area contributed by atoms with E-state index < -0.39 is 0 Å². The van der Waals surface area contributed by atoms with Crippen molar-refractivity contribution in [3.05, 3.63) is 65.7 Å². The minimum atomic E-state index is 0.279. The third-order valence-electron chi connectivity index (χ3n) is 2.64. The summed E-state index contributed by atoms with van der Waals surface area (Å²) >= 11 is 0. The van der Waals surface area contributed by atoms with Gasteiger partial charge >= 0.3 is 0 Å². The lowest BCUT2D eigenvalue weighted by Crippen LogP contribution is -1.96. The van der Waals surface area contributed by atoms with Crippen LogP contribution >= 0.6 is 0 Å². The highest BCUT2D eigenvalue weighted by Gasteiger charge is 2.02. The van der Waals surface area contributed by atoms with Crippen LogP contribution in [-0.4, -0.2) is 10.8 Å². The van der Waals surface area contributed by atoms with Crippen LogP contribution in [0.4, 0.5) is 0 Å². The van der Waals surface area contributed by atoms with Gasteiger partial charge in [-0.25, -0.2) is 0 Å². The molecule has 0 fully saturated rings. The lowest BCUT2D eigenvalue weighted by atomic mass is 10.1. The van der Waals surface area contributed by atoms with E-state index in [2.05, 4.69) is 4.99 Å². The van der Waals surface area contributed by atoms with E-state index in [1.54, 1.807) is 6.07 Å². The molecule has 86 valence electrons. The van der Waals surface area contributed by atoms with Crippen molar-refractivity contribution in [3.8, 4) is 5.75 Å². The summed E-state index contributed by atoms with van der Waals surface area (Å²) in [7, 11) is 0. The van der Waals surface area contributed by atoms with Crippen LogP contribution in [0, 0.1) is 0 Å². The van der Waals surface area contributed by atoms with Gasteiger partial charge in [0, 0.05) is 11.3 Å². The molecule has 0 bridgehead atoms. The Morgan fingerprint density at radius 1 is 1.00 bits per heavy atom. The number of para-hydroxylation sites is 1. The highest BCUT2D eigenvalue weighted by atomic mass is 16.3. The zero-order valence-corrected chi connectivity index (χ0v) is 9.80. The number of hydrogen-bond donors (Lipinski definition) is 1. The summed E-state index contributed by atoms with van der Waals surface area (Å²) in [6.45, 7) is 2.55. The molecule has 2 aromatic rings. The lowest BCUT2D eigenvalue weighted by Gasteiger charge is -2.04. The van der Waals surface area contributed by atoms with Crippen LogP contribution in [0.2, 0.25) is 0 Å². The fourth-order valence-electron chi connectivity index (χ4n) is 1.66. The zero-order chi connectivity index (χ0) is 12.1.